The van der Waals surface area contributed by atoms with Crippen molar-refractivity contribution >= 4 is 23.5 Å². The summed E-state index contributed by atoms with van der Waals surface area (Å²) in [7, 11) is 0. The van der Waals surface area contributed by atoms with E-state index in [1.165, 1.54) is 0 Å². The zero-order valence-electron chi connectivity index (χ0n) is 12.0. The number of carboxylic acid groups (broad SMARTS) is 1. The van der Waals surface area contributed by atoms with Crippen LogP contribution in [0.1, 0.15) is 37.2 Å². The molecule has 0 spiro atoms. The van der Waals surface area contributed by atoms with E-state index in [0.717, 1.165) is 5.56 Å². The Morgan fingerprint density at radius 2 is 2.00 bits per heavy atom. The fourth-order valence-corrected chi connectivity index (χ4v) is 3.28. The van der Waals surface area contributed by atoms with Crippen LogP contribution in [0.2, 0.25) is 0 Å². The summed E-state index contributed by atoms with van der Waals surface area (Å²) >= 11 is 0. The number of hydrogen-bond donors (Lipinski definition) is 3. The van der Waals surface area contributed by atoms with Gasteiger partial charge in [0.25, 0.3) is 0 Å². The number of carbonyl (C=O) groups is 3. The highest BCUT2D eigenvalue weighted by molar-refractivity contribution is 6.01. The van der Waals surface area contributed by atoms with Gasteiger partial charge in [0.15, 0.2) is 0 Å². The molecule has 2 amide bonds. The predicted molar refractivity (Wildman–Crippen MR) is 79.3 cm³/mol. The van der Waals surface area contributed by atoms with Crippen molar-refractivity contribution in [3.8, 4) is 0 Å². The van der Waals surface area contributed by atoms with Crippen molar-refractivity contribution in [1.29, 1.82) is 0 Å². The van der Waals surface area contributed by atoms with Gasteiger partial charge in [-0.2, -0.15) is 0 Å². The first-order chi connectivity index (χ1) is 10.5. The molecule has 1 aliphatic carbocycles. The van der Waals surface area contributed by atoms with Crippen LogP contribution in [-0.2, 0) is 14.4 Å². The molecule has 2 aliphatic rings. The lowest BCUT2D eigenvalue weighted by molar-refractivity contribution is -0.141. The first-order valence-electron chi connectivity index (χ1n) is 7.46. The van der Waals surface area contributed by atoms with E-state index in [9.17, 15) is 14.4 Å². The minimum absolute atomic E-state index is 0.120. The van der Waals surface area contributed by atoms with Gasteiger partial charge >= 0.3 is 5.97 Å². The number of nitrogens with one attached hydrogen (secondary N) is 2. The van der Waals surface area contributed by atoms with Gasteiger partial charge in [0.1, 0.15) is 0 Å². The molecule has 1 fully saturated rings. The van der Waals surface area contributed by atoms with Crippen LogP contribution < -0.4 is 10.6 Å². The summed E-state index contributed by atoms with van der Waals surface area (Å²) in [5, 5.41) is 14.7. The number of carboxylic acids is 1. The fraction of sp³-hybridized carbons (Fsp3) is 0.438. The normalized spacial score (nSPS) is 26.9. The molecule has 0 bridgehead atoms. The number of rotatable bonds is 3. The average Bonchev–Trinajstić information content (AvgIpc) is 2.95. The zero-order valence-corrected chi connectivity index (χ0v) is 12.0. The summed E-state index contributed by atoms with van der Waals surface area (Å²) in [6, 6.07) is 7.15. The number of hydrogen-bond acceptors (Lipinski definition) is 3. The number of amides is 2. The number of benzene rings is 1. The summed E-state index contributed by atoms with van der Waals surface area (Å²) in [6.07, 6.45) is 1.84. The number of carbonyl (C=O) groups excluding carboxylic acids is 2. The first-order valence-corrected chi connectivity index (χ1v) is 7.46. The summed E-state index contributed by atoms with van der Waals surface area (Å²) in [5.41, 5.74) is 1.49. The Bertz CT molecular complexity index is 628. The van der Waals surface area contributed by atoms with Gasteiger partial charge in [0.2, 0.25) is 11.8 Å². The molecule has 3 N–H and O–H groups in total. The summed E-state index contributed by atoms with van der Waals surface area (Å²) < 4.78 is 0. The van der Waals surface area contributed by atoms with E-state index in [1.54, 1.807) is 6.07 Å². The summed E-state index contributed by atoms with van der Waals surface area (Å²) in [4.78, 5) is 35.2. The molecule has 0 unspecified atom stereocenters. The topological polar surface area (TPSA) is 95.5 Å². The maximum absolute atomic E-state index is 12.5. The average molecular weight is 302 g/mol. The monoisotopic (exact) mass is 302 g/mol. The van der Waals surface area contributed by atoms with Gasteiger partial charge in [-0.1, -0.05) is 18.2 Å². The number of aliphatic carboxylic acids is 1. The van der Waals surface area contributed by atoms with Crippen LogP contribution in [0.25, 0.3) is 0 Å². The first kappa shape index (κ1) is 14.6. The molecule has 1 aromatic carbocycles. The third kappa shape index (κ3) is 2.81. The highest BCUT2D eigenvalue weighted by Crippen LogP contribution is 2.33. The van der Waals surface area contributed by atoms with Crippen LogP contribution in [0, 0.1) is 5.92 Å². The molecule has 1 heterocycles. The van der Waals surface area contributed by atoms with Gasteiger partial charge in [-0.3, -0.25) is 14.4 Å². The lowest BCUT2D eigenvalue weighted by Gasteiger charge is -2.26. The van der Waals surface area contributed by atoms with Crippen LogP contribution in [0.5, 0.6) is 0 Å². The molecular formula is C16H18N2O4. The Morgan fingerprint density at radius 3 is 2.73 bits per heavy atom. The molecule has 6 heteroatoms. The fourth-order valence-electron chi connectivity index (χ4n) is 3.28. The minimum atomic E-state index is -0.806. The van der Waals surface area contributed by atoms with E-state index in [-0.39, 0.29) is 30.2 Å². The molecule has 0 radical (unpaired) electrons. The number of para-hydroxylation sites is 1. The lowest BCUT2D eigenvalue weighted by atomic mass is 9.89. The van der Waals surface area contributed by atoms with E-state index in [4.69, 9.17) is 5.11 Å². The van der Waals surface area contributed by atoms with Gasteiger partial charge in [0.05, 0.1) is 11.8 Å². The molecule has 0 saturated heterocycles. The van der Waals surface area contributed by atoms with E-state index < -0.39 is 11.9 Å². The third-order valence-corrected chi connectivity index (χ3v) is 4.44. The molecule has 116 valence electrons. The quantitative estimate of drug-likeness (QED) is 0.788. The summed E-state index contributed by atoms with van der Waals surface area (Å²) in [6.45, 7) is 0. The maximum Gasteiger partial charge on any atom is 0.306 e. The molecule has 1 aromatic rings. The number of fused-ring (bicyclic) bond motifs is 1. The SMILES string of the molecule is O=C1C[C@H](C(=O)N[C@@H]2CC[C@H](C(=O)O)C2)c2ccccc2N1. The predicted octanol–water partition coefficient (Wildman–Crippen LogP) is 1.48. The molecule has 3 rings (SSSR count). The second-order valence-corrected chi connectivity index (χ2v) is 5.95. The standard InChI is InChI=1S/C16H18N2O4/c19-14-8-12(11-3-1-2-4-13(11)18-14)15(20)17-10-6-5-9(7-10)16(21)22/h1-4,9-10,12H,5-8H2,(H,17,20)(H,18,19)(H,21,22)/t9-,10+,12-/m0/s1. The van der Waals surface area contributed by atoms with Crippen LogP contribution in [-0.4, -0.2) is 28.9 Å². The minimum Gasteiger partial charge on any atom is -0.481 e. The number of anilines is 1. The van der Waals surface area contributed by atoms with Crippen LogP contribution >= 0.6 is 0 Å². The van der Waals surface area contributed by atoms with Gasteiger partial charge in [-0.25, -0.2) is 0 Å². The Balaban J connectivity index is 1.71. The van der Waals surface area contributed by atoms with Crippen molar-refractivity contribution in [1.82, 2.24) is 5.32 Å². The molecule has 0 aromatic heterocycles. The van der Waals surface area contributed by atoms with Crippen molar-refractivity contribution in [2.24, 2.45) is 5.92 Å². The Morgan fingerprint density at radius 1 is 1.23 bits per heavy atom. The zero-order chi connectivity index (χ0) is 15.7. The maximum atomic E-state index is 12.5. The van der Waals surface area contributed by atoms with E-state index >= 15 is 0 Å². The molecule has 22 heavy (non-hydrogen) atoms. The van der Waals surface area contributed by atoms with Crippen LogP contribution in [0.3, 0.4) is 0 Å². The van der Waals surface area contributed by atoms with Gasteiger partial charge in [0, 0.05) is 18.2 Å². The highest BCUT2D eigenvalue weighted by atomic mass is 16.4. The highest BCUT2D eigenvalue weighted by Gasteiger charge is 2.35. The largest absolute Gasteiger partial charge is 0.481 e. The van der Waals surface area contributed by atoms with Crippen molar-refractivity contribution in [3.05, 3.63) is 29.8 Å². The Hall–Kier alpha value is -2.37. The summed E-state index contributed by atoms with van der Waals surface area (Å²) in [5.74, 6) is -2.06. The lowest BCUT2D eigenvalue weighted by Crippen LogP contribution is -2.39. The van der Waals surface area contributed by atoms with Crippen molar-refractivity contribution < 1.29 is 19.5 Å². The van der Waals surface area contributed by atoms with Gasteiger partial charge < -0.3 is 15.7 Å². The van der Waals surface area contributed by atoms with Crippen LogP contribution in [0.15, 0.2) is 24.3 Å². The second kappa shape index (κ2) is 5.79. The smallest absolute Gasteiger partial charge is 0.306 e. The van der Waals surface area contributed by atoms with Crippen LogP contribution in [0.4, 0.5) is 5.69 Å². The van der Waals surface area contributed by atoms with E-state index in [0.29, 0.717) is 24.9 Å². The van der Waals surface area contributed by atoms with E-state index in [2.05, 4.69) is 10.6 Å². The van der Waals surface area contributed by atoms with Gasteiger partial charge in [-0.15, -0.1) is 0 Å². The molecule has 1 aliphatic heterocycles. The molecule has 3 atom stereocenters. The van der Waals surface area contributed by atoms with Crippen molar-refractivity contribution in [3.63, 3.8) is 0 Å². The second-order valence-electron chi connectivity index (χ2n) is 5.95. The van der Waals surface area contributed by atoms with Gasteiger partial charge in [-0.05, 0) is 30.9 Å². The van der Waals surface area contributed by atoms with Crippen molar-refractivity contribution in [2.45, 2.75) is 37.6 Å². The molecule has 1 saturated carbocycles. The Labute approximate surface area is 127 Å². The molecular weight excluding hydrogens is 284 g/mol. The Kier molecular flexibility index (Phi) is 3.83. The third-order valence-electron chi connectivity index (χ3n) is 4.44. The molecule has 6 nitrogen and oxygen atoms in total. The van der Waals surface area contributed by atoms with Crippen molar-refractivity contribution in [2.75, 3.05) is 5.32 Å². The van der Waals surface area contributed by atoms with E-state index in [1.807, 2.05) is 18.2 Å².